The van der Waals surface area contributed by atoms with Crippen LogP contribution >= 0.6 is 0 Å². The third-order valence-corrected chi connectivity index (χ3v) is 5.25. The number of hydrogen-bond donors (Lipinski definition) is 3. The van der Waals surface area contributed by atoms with Crippen molar-refractivity contribution in [3.63, 3.8) is 0 Å². The fourth-order valence-corrected chi connectivity index (χ4v) is 3.50. The van der Waals surface area contributed by atoms with Crippen LogP contribution in [0.1, 0.15) is 40.1 Å². The molecule has 0 aliphatic heterocycles. The number of esters is 1. The van der Waals surface area contributed by atoms with Gasteiger partial charge < -0.3 is 21.1 Å². The Hall–Kier alpha value is -4.67. The number of carbonyl (C=O) groups is 3. The van der Waals surface area contributed by atoms with E-state index in [4.69, 9.17) is 16.2 Å². The van der Waals surface area contributed by atoms with Gasteiger partial charge in [-0.25, -0.2) is 9.59 Å². The number of nitrogens with one attached hydrogen (secondary N) is 1. The van der Waals surface area contributed by atoms with Crippen LogP contribution in [0.15, 0.2) is 64.2 Å². The van der Waals surface area contributed by atoms with Crippen LogP contribution in [-0.4, -0.2) is 40.5 Å². The number of rotatable bonds is 9. The monoisotopic (exact) mass is 493 g/mol. The van der Waals surface area contributed by atoms with Crippen molar-refractivity contribution < 1.29 is 19.1 Å². The van der Waals surface area contributed by atoms with Crippen molar-refractivity contribution in [1.29, 1.82) is 0 Å². The summed E-state index contributed by atoms with van der Waals surface area (Å²) in [6.45, 7) is 3.14. The Morgan fingerprint density at radius 1 is 1.00 bits per heavy atom. The van der Waals surface area contributed by atoms with Crippen molar-refractivity contribution in [3.8, 4) is 0 Å². The van der Waals surface area contributed by atoms with E-state index in [0.29, 0.717) is 0 Å². The molecule has 3 rings (SSSR count). The van der Waals surface area contributed by atoms with Crippen LogP contribution in [-0.2, 0) is 16.1 Å². The molecule has 3 aromatic rings. The molecule has 11 nitrogen and oxygen atoms in total. The molecule has 0 aliphatic carbocycles. The number of H-pyrrole nitrogens is 1. The van der Waals surface area contributed by atoms with Crippen LogP contribution in [0.2, 0.25) is 0 Å². The van der Waals surface area contributed by atoms with Gasteiger partial charge in [-0.3, -0.25) is 23.9 Å². The Balaban J connectivity index is 1.87. The summed E-state index contributed by atoms with van der Waals surface area (Å²) in [5.41, 5.74) is 10.8. The second-order valence-electron chi connectivity index (χ2n) is 8.48. The van der Waals surface area contributed by atoms with Crippen molar-refractivity contribution in [2.24, 2.45) is 11.7 Å². The minimum Gasteiger partial charge on any atom is -0.452 e. The maximum atomic E-state index is 13.1. The minimum atomic E-state index is -0.829. The lowest BCUT2D eigenvalue weighted by atomic mass is 10.1. The highest BCUT2D eigenvalue weighted by Gasteiger charge is 2.26. The van der Waals surface area contributed by atoms with E-state index >= 15 is 0 Å². The van der Waals surface area contributed by atoms with Gasteiger partial charge in [0.2, 0.25) is 5.91 Å². The zero-order valence-corrected chi connectivity index (χ0v) is 19.9. The van der Waals surface area contributed by atoms with Gasteiger partial charge in [-0.05, 0) is 35.7 Å². The molecule has 0 saturated heterocycles. The van der Waals surface area contributed by atoms with Crippen LogP contribution in [0, 0.1) is 5.92 Å². The lowest BCUT2D eigenvalue weighted by Gasteiger charge is -2.26. The van der Waals surface area contributed by atoms with E-state index in [1.54, 1.807) is 24.3 Å². The fourth-order valence-electron chi connectivity index (χ4n) is 3.50. The van der Waals surface area contributed by atoms with Crippen molar-refractivity contribution in [3.05, 3.63) is 92.1 Å². The Kier molecular flexibility index (Phi) is 8.05. The zero-order chi connectivity index (χ0) is 26.4. The average Bonchev–Trinajstić information content (AvgIpc) is 2.84. The molecule has 0 unspecified atom stereocenters. The first-order valence-electron chi connectivity index (χ1n) is 11.1. The number of benzene rings is 2. The number of carbonyl (C=O) groups excluding carboxylic acids is 3. The first kappa shape index (κ1) is 25.9. The number of nitrogens with two attached hydrogens (primary N) is 2. The molecular formula is C25H27N5O6. The summed E-state index contributed by atoms with van der Waals surface area (Å²) in [6.07, 6.45) is 0. The largest absolute Gasteiger partial charge is 0.452 e. The average molecular weight is 494 g/mol. The van der Waals surface area contributed by atoms with Crippen molar-refractivity contribution in [2.45, 2.75) is 20.4 Å². The van der Waals surface area contributed by atoms with E-state index in [-0.39, 0.29) is 41.6 Å². The molecule has 0 bridgehead atoms. The SMILES string of the molecule is CC(C)CN(C(=O)COC(=O)c1ccc(C(N)=O)cc1)c1c(N)n(Cc2ccccc2)c(=O)[nH]c1=O. The standard InChI is InChI=1S/C25H27N5O6/c1-15(2)12-29(19(31)14-36-24(34)18-10-8-17(9-11-18)22(27)32)20-21(26)30(25(35)28-23(20)33)13-16-6-4-3-5-7-16/h3-11,15H,12-14,26H2,1-2H3,(H2,27,32)(H,28,33,35). The molecule has 1 aromatic heterocycles. The van der Waals surface area contributed by atoms with E-state index < -0.39 is 35.6 Å². The van der Waals surface area contributed by atoms with Gasteiger partial charge in [-0.1, -0.05) is 44.2 Å². The number of nitrogen functional groups attached to an aromatic ring is 1. The van der Waals surface area contributed by atoms with Crippen LogP contribution in [0.4, 0.5) is 11.5 Å². The number of nitrogens with zero attached hydrogens (tertiary/aromatic N) is 2. The summed E-state index contributed by atoms with van der Waals surface area (Å²) < 4.78 is 6.30. The summed E-state index contributed by atoms with van der Waals surface area (Å²) in [5, 5.41) is 0. The van der Waals surface area contributed by atoms with Crippen LogP contribution in [0.5, 0.6) is 0 Å². The molecule has 0 aliphatic rings. The van der Waals surface area contributed by atoms with Gasteiger partial charge in [-0.15, -0.1) is 0 Å². The predicted octanol–water partition coefficient (Wildman–Crippen LogP) is 1.11. The first-order valence-corrected chi connectivity index (χ1v) is 11.1. The van der Waals surface area contributed by atoms with E-state index in [2.05, 4.69) is 4.98 Å². The maximum Gasteiger partial charge on any atom is 0.338 e. The number of ether oxygens (including phenoxy) is 1. The zero-order valence-electron chi connectivity index (χ0n) is 19.9. The summed E-state index contributed by atoms with van der Waals surface area (Å²) in [7, 11) is 0. The molecule has 5 N–H and O–H groups in total. The Bertz CT molecular complexity index is 1380. The van der Waals surface area contributed by atoms with Gasteiger partial charge in [0.25, 0.3) is 11.5 Å². The highest BCUT2D eigenvalue weighted by Crippen LogP contribution is 2.20. The Morgan fingerprint density at radius 3 is 2.19 bits per heavy atom. The normalized spacial score (nSPS) is 10.8. The molecular weight excluding hydrogens is 466 g/mol. The lowest BCUT2D eigenvalue weighted by molar-refractivity contribution is -0.121. The molecule has 0 saturated carbocycles. The van der Waals surface area contributed by atoms with E-state index in [9.17, 15) is 24.0 Å². The summed E-state index contributed by atoms with van der Waals surface area (Å²) in [6, 6.07) is 14.4. The third kappa shape index (κ3) is 6.06. The molecule has 11 heteroatoms. The number of aromatic amines is 1. The van der Waals surface area contributed by atoms with Crippen LogP contribution < -0.4 is 27.6 Å². The van der Waals surface area contributed by atoms with Crippen molar-refractivity contribution >= 4 is 29.3 Å². The molecule has 0 radical (unpaired) electrons. The summed E-state index contributed by atoms with van der Waals surface area (Å²) >= 11 is 0. The van der Waals surface area contributed by atoms with Gasteiger partial charge in [0.15, 0.2) is 12.3 Å². The fraction of sp³-hybridized carbons (Fsp3) is 0.240. The van der Waals surface area contributed by atoms with E-state index in [1.807, 2.05) is 19.9 Å². The molecule has 2 amide bonds. The molecule has 36 heavy (non-hydrogen) atoms. The summed E-state index contributed by atoms with van der Waals surface area (Å²) in [5.74, 6) is -2.42. The Morgan fingerprint density at radius 2 is 1.61 bits per heavy atom. The number of aromatic nitrogens is 2. The van der Waals surface area contributed by atoms with Crippen LogP contribution in [0.3, 0.4) is 0 Å². The highest BCUT2D eigenvalue weighted by atomic mass is 16.5. The molecule has 2 aromatic carbocycles. The number of hydrogen-bond acceptors (Lipinski definition) is 7. The maximum absolute atomic E-state index is 13.1. The number of primary amides is 1. The Labute approximate surface area is 206 Å². The van der Waals surface area contributed by atoms with Crippen LogP contribution in [0.25, 0.3) is 0 Å². The van der Waals surface area contributed by atoms with E-state index in [0.717, 1.165) is 10.5 Å². The molecule has 188 valence electrons. The first-order chi connectivity index (χ1) is 17.1. The van der Waals surface area contributed by atoms with Crippen molar-refractivity contribution in [2.75, 3.05) is 23.8 Å². The van der Waals surface area contributed by atoms with Gasteiger partial charge in [-0.2, -0.15) is 0 Å². The number of amides is 2. The van der Waals surface area contributed by atoms with Crippen molar-refractivity contribution in [1.82, 2.24) is 9.55 Å². The molecule has 1 heterocycles. The van der Waals surface area contributed by atoms with E-state index in [1.165, 1.54) is 28.8 Å². The lowest BCUT2D eigenvalue weighted by Crippen LogP contribution is -2.44. The van der Waals surface area contributed by atoms with Gasteiger partial charge >= 0.3 is 11.7 Å². The van der Waals surface area contributed by atoms with Gasteiger partial charge in [0.05, 0.1) is 12.1 Å². The smallest absolute Gasteiger partial charge is 0.338 e. The number of anilines is 2. The highest BCUT2D eigenvalue weighted by molar-refractivity contribution is 5.99. The molecule has 0 fully saturated rings. The minimum absolute atomic E-state index is 0.0787. The van der Waals surface area contributed by atoms with Gasteiger partial charge in [0, 0.05) is 12.1 Å². The second-order valence-corrected chi connectivity index (χ2v) is 8.48. The molecule has 0 atom stereocenters. The second kappa shape index (κ2) is 11.2. The van der Waals surface area contributed by atoms with Gasteiger partial charge in [0.1, 0.15) is 5.82 Å². The predicted molar refractivity (Wildman–Crippen MR) is 134 cm³/mol. The summed E-state index contributed by atoms with van der Waals surface area (Å²) in [4.78, 5) is 65.3. The topological polar surface area (TPSA) is 171 Å². The quantitative estimate of drug-likeness (QED) is 0.375. The third-order valence-electron chi connectivity index (χ3n) is 5.25. The molecule has 0 spiro atoms.